The van der Waals surface area contributed by atoms with Crippen molar-refractivity contribution in [1.29, 1.82) is 0 Å². The maximum absolute atomic E-state index is 13.4. The molecule has 0 radical (unpaired) electrons. The third-order valence-electron chi connectivity index (χ3n) is 4.53. The minimum atomic E-state index is -0.414. The summed E-state index contributed by atoms with van der Waals surface area (Å²) < 4.78 is 16.6. The van der Waals surface area contributed by atoms with Crippen molar-refractivity contribution >= 4 is 63.8 Å². The first-order chi connectivity index (χ1) is 14.7. The van der Waals surface area contributed by atoms with E-state index in [0.29, 0.717) is 31.0 Å². The summed E-state index contributed by atoms with van der Waals surface area (Å²) in [5, 5.41) is 1.18. The largest absolute Gasteiger partial charge is 0.277 e. The van der Waals surface area contributed by atoms with E-state index in [2.05, 4.69) is 4.98 Å². The first-order valence-corrected chi connectivity index (χ1v) is 11.4. The number of halogens is 5. The molecule has 4 aromatic rings. The maximum Gasteiger partial charge on any atom is 0.277 e. The fourth-order valence-electron chi connectivity index (χ4n) is 3.27. The highest BCUT2D eigenvalue weighted by Gasteiger charge is 2.24. The van der Waals surface area contributed by atoms with E-state index in [1.165, 1.54) is 36.0 Å². The quantitative estimate of drug-likeness (QED) is 0.279. The highest BCUT2D eigenvalue weighted by Crippen LogP contribution is 2.39. The molecule has 160 valence electrons. The summed E-state index contributed by atoms with van der Waals surface area (Å²) in [4.78, 5) is 19.3. The lowest BCUT2D eigenvalue weighted by Gasteiger charge is -2.11. The standard InChI is InChI=1S/C21H14Cl4FN3OS/c1-10(2)29-21(30)19(18-15(24)5-11(22)6-16(18)25)20-27-8-13(9-28(20)29)31-17-4-3-12(26)7-14(17)23/h3-10H,1-2H3. The zero-order valence-electron chi connectivity index (χ0n) is 16.2. The van der Waals surface area contributed by atoms with Crippen LogP contribution in [0.2, 0.25) is 20.1 Å². The van der Waals surface area contributed by atoms with E-state index in [1.807, 2.05) is 13.8 Å². The predicted molar refractivity (Wildman–Crippen MR) is 126 cm³/mol. The summed E-state index contributed by atoms with van der Waals surface area (Å²) in [7, 11) is 0. The van der Waals surface area contributed by atoms with Crippen LogP contribution in [0.5, 0.6) is 0 Å². The molecule has 0 amide bonds. The number of rotatable bonds is 4. The summed E-state index contributed by atoms with van der Waals surface area (Å²) in [5.74, 6) is -0.414. The Balaban J connectivity index is 1.93. The van der Waals surface area contributed by atoms with Crippen molar-refractivity contribution in [3.63, 3.8) is 0 Å². The van der Waals surface area contributed by atoms with Gasteiger partial charge in [-0.1, -0.05) is 58.2 Å². The van der Waals surface area contributed by atoms with E-state index in [9.17, 15) is 9.18 Å². The Morgan fingerprint density at radius 1 is 1.00 bits per heavy atom. The van der Waals surface area contributed by atoms with Crippen LogP contribution < -0.4 is 5.56 Å². The van der Waals surface area contributed by atoms with Crippen molar-refractivity contribution in [2.75, 3.05) is 0 Å². The fraction of sp³-hybridized carbons (Fsp3) is 0.143. The number of fused-ring (bicyclic) bond motifs is 1. The monoisotopic (exact) mass is 515 g/mol. The third kappa shape index (κ3) is 4.20. The second kappa shape index (κ2) is 8.68. The van der Waals surface area contributed by atoms with Gasteiger partial charge in [0.15, 0.2) is 5.65 Å². The molecule has 0 saturated carbocycles. The molecule has 10 heteroatoms. The van der Waals surface area contributed by atoms with Crippen LogP contribution in [-0.2, 0) is 0 Å². The van der Waals surface area contributed by atoms with E-state index in [-0.39, 0.29) is 27.2 Å². The predicted octanol–water partition coefficient (Wildman–Crippen LogP) is 7.65. The van der Waals surface area contributed by atoms with E-state index < -0.39 is 5.82 Å². The molecule has 4 nitrogen and oxygen atoms in total. The summed E-state index contributed by atoms with van der Waals surface area (Å²) in [6.45, 7) is 3.78. The number of benzene rings is 2. The third-order valence-corrected chi connectivity index (χ3v) is 6.79. The summed E-state index contributed by atoms with van der Waals surface area (Å²) >= 11 is 26.3. The molecule has 4 rings (SSSR count). The van der Waals surface area contributed by atoms with Crippen molar-refractivity contribution in [3.8, 4) is 11.1 Å². The van der Waals surface area contributed by atoms with Crippen LogP contribution in [-0.4, -0.2) is 14.2 Å². The molecule has 2 heterocycles. The zero-order chi connectivity index (χ0) is 22.4. The van der Waals surface area contributed by atoms with Crippen molar-refractivity contribution < 1.29 is 4.39 Å². The van der Waals surface area contributed by atoms with E-state index >= 15 is 0 Å². The fourth-order valence-corrected chi connectivity index (χ4v) is 5.36. The summed E-state index contributed by atoms with van der Waals surface area (Å²) in [6, 6.07) is 7.08. The van der Waals surface area contributed by atoms with Gasteiger partial charge in [-0.3, -0.25) is 4.79 Å². The first-order valence-electron chi connectivity index (χ1n) is 9.08. The number of nitrogens with zero attached hydrogens (tertiary/aromatic N) is 3. The van der Waals surface area contributed by atoms with Gasteiger partial charge in [-0.05, 0) is 44.2 Å². The molecule has 0 bridgehead atoms. The van der Waals surface area contributed by atoms with Gasteiger partial charge in [-0.15, -0.1) is 0 Å². The molecular weight excluding hydrogens is 503 g/mol. The van der Waals surface area contributed by atoms with E-state index in [1.54, 1.807) is 27.7 Å². The minimum Gasteiger partial charge on any atom is -0.267 e. The van der Waals surface area contributed by atoms with Crippen LogP contribution in [0.1, 0.15) is 19.9 Å². The number of aromatic nitrogens is 3. The minimum absolute atomic E-state index is 0.171. The van der Waals surface area contributed by atoms with Crippen LogP contribution in [0, 0.1) is 5.82 Å². The maximum atomic E-state index is 13.4. The second-order valence-corrected chi connectivity index (χ2v) is 9.77. The van der Waals surface area contributed by atoms with Gasteiger partial charge >= 0.3 is 0 Å². The molecule has 0 aliphatic rings. The second-order valence-electron chi connectivity index (χ2n) is 7.00. The molecule has 0 spiro atoms. The Bertz CT molecular complexity index is 1360. The van der Waals surface area contributed by atoms with E-state index in [0.717, 1.165) is 0 Å². The topological polar surface area (TPSA) is 39.3 Å². The van der Waals surface area contributed by atoms with Gasteiger partial charge in [0.25, 0.3) is 5.56 Å². The van der Waals surface area contributed by atoms with Crippen molar-refractivity contribution in [1.82, 2.24) is 14.2 Å². The van der Waals surface area contributed by atoms with Gasteiger partial charge < -0.3 is 0 Å². The van der Waals surface area contributed by atoms with Crippen LogP contribution in [0.4, 0.5) is 4.39 Å². The Kier molecular flexibility index (Phi) is 6.30. The Labute approximate surface area is 201 Å². The van der Waals surface area contributed by atoms with Gasteiger partial charge in [0.2, 0.25) is 0 Å². The highest BCUT2D eigenvalue weighted by molar-refractivity contribution is 7.99. The van der Waals surface area contributed by atoms with Crippen molar-refractivity contribution in [3.05, 3.63) is 79.0 Å². The molecule has 0 aliphatic carbocycles. The Morgan fingerprint density at radius 3 is 2.29 bits per heavy atom. The lowest BCUT2D eigenvalue weighted by atomic mass is 10.1. The molecule has 0 aliphatic heterocycles. The molecule has 2 aromatic carbocycles. The molecule has 0 atom stereocenters. The van der Waals surface area contributed by atoms with Gasteiger partial charge in [0.1, 0.15) is 5.82 Å². The summed E-state index contributed by atoms with van der Waals surface area (Å²) in [6.07, 6.45) is 3.39. The molecular formula is C21H14Cl4FN3OS. The molecule has 2 aromatic heterocycles. The van der Waals surface area contributed by atoms with Crippen LogP contribution in [0.25, 0.3) is 16.8 Å². The average Bonchev–Trinajstić information content (AvgIpc) is 2.95. The van der Waals surface area contributed by atoms with Gasteiger partial charge in [0, 0.05) is 38.8 Å². The Hall–Kier alpha value is -1.70. The van der Waals surface area contributed by atoms with Gasteiger partial charge in [-0.25, -0.2) is 18.6 Å². The zero-order valence-corrected chi connectivity index (χ0v) is 20.0. The van der Waals surface area contributed by atoms with Crippen LogP contribution in [0.3, 0.4) is 0 Å². The Morgan fingerprint density at radius 2 is 1.68 bits per heavy atom. The van der Waals surface area contributed by atoms with Crippen molar-refractivity contribution in [2.45, 2.75) is 29.7 Å². The average molecular weight is 517 g/mol. The molecule has 0 unspecified atom stereocenters. The summed E-state index contributed by atoms with van der Waals surface area (Å²) in [5.41, 5.74) is 0.788. The molecule has 31 heavy (non-hydrogen) atoms. The van der Waals surface area contributed by atoms with Crippen molar-refractivity contribution in [2.24, 2.45) is 0 Å². The highest BCUT2D eigenvalue weighted by atomic mass is 35.5. The molecule has 0 N–H and O–H groups in total. The van der Waals surface area contributed by atoms with Crippen LogP contribution >= 0.6 is 58.2 Å². The number of hydrogen-bond donors (Lipinski definition) is 0. The molecule has 0 saturated heterocycles. The lowest BCUT2D eigenvalue weighted by molar-refractivity contribution is 0.486. The lowest BCUT2D eigenvalue weighted by Crippen LogP contribution is -2.22. The van der Waals surface area contributed by atoms with Crippen LogP contribution in [0.15, 0.2) is 57.3 Å². The SMILES string of the molecule is CC(C)n1c(=O)c(-c2c(Cl)cc(Cl)cc2Cl)c2ncc(Sc3ccc(F)cc3Cl)cn21. The normalized spacial score (nSPS) is 11.6. The van der Waals surface area contributed by atoms with E-state index in [4.69, 9.17) is 46.4 Å². The van der Waals surface area contributed by atoms with Gasteiger partial charge in [-0.2, -0.15) is 0 Å². The molecule has 0 fully saturated rings. The number of hydrogen-bond acceptors (Lipinski definition) is 3. The first kappa shape index (κ1) is 22.5. The smallest absolute Gasteiger partial charge is 0.267 e. The van der Waals surface area contributed by atoms with Gasteiger partial charge in [0.05, 0.1) is 20.6 Å².